The van der Waals surface area contributed by atoms with Gasteiger partial charge in [0, 0.05) is 18.3 Å². The number of hydrogen-bond acceptors (Lipinski definition) is 3. The number of rotatable bonds is 7. The number of amides is 2. The van der Waals surface area contributed by atoms with E-state index in [0.29, 0.717) is 11.5 Å². The molecule has 1 aromatic heterocycles. The van der Waals surface area contributed by atoms with Gasteiger partial charge < -0.3 is 10.6 Å². The maximum absolute atomic E-state index is 12.1. The summed E-state index contributed by atoms with van der Waals surface area (Å²) in [4.78, 5) is 23.3. The molecule has 0 aliphatic carbocycles. The number of anilines is 2. The van der Waals surface area contributed by atoms with E-state index in [4.69, 9.17) is 0 Å². The highest BCUT2D eigenvalue weighted by molar-refractivity contribution is 5.98. The van der Waals surface area contributed by atoms with Crippen LogP contribution in [0.4, 0.5) is 11.5 Å². The predicted molar refractivity (Wildman–Crippen MR) is 90.1 cm³/mol. The molecule has 23 heavy (non-hydrogen) atoms. The predicted octanol–water partition coefficient (Wildman–Crippen LogP) is 2.60. The molecule has 0 aliphatic heterocycles. The van der Waals surface area contributed by atoms with Crippen molar-refractivity contribution in [2.45, 2.75) is 26.3 Å². The third-order valence-electron chi connectivity index (χ3n) is 3.19. The van der Waals surface area contributed by atoms with Gasteiger partial charge >= 0.3 is 0 Å². The minimum absolute atomic E-state index is 0.106. The standard InChI is InChI=1S/C17H20N4O2/c1-3-11-21-15(9-10-18-21)20-17(23)12-13-5-7-14(8-6-13)19-16(22)4-2/h4-10H,2-3,11-12H2,1H3,(H,19,22)(H,20,23). The highest BCUT2D eigenvalue weighted by Crippen LogP contribution is 2.12. The molecule has 0 saturated heterocycles. The molecule has 6 nitrogen and oxygen atoms in total. The summed E-state index contributed by atoms with van der Waals surface area (Å²) >= 11 is 0. The Labute approximate surface area is 135 Å². The van der Waals surface area contributed by atoms with Crippen LogP contribution < -0.4 is 10.6 Å². The van der Waals surface area contributed by atoms with Crippen LogP contribution in [0, 0.1) is 0 Å². The van der Waals surface area contributed by atoms with Crippen molar-refractivity contribution in [3.63, 3.8) is 0 Å². The van der Waals surface area contributed by atoms with Crippen LogP contribution in [0.5, 0.6) is 0 Å². The van der Waals surface area contributed by atoms with Crippen LogP contribution in [0.2, 0.25) is 0 Å². The molecule has 2 N–H and O–H groups in total. The fraction of sp³-hybridized carbons (Fsp3) is 0.235. The molecular weight excluding hydrogens is 292 g/mol. The lowest BCUT2D eigenvalue weighted by Gasteiger charge is -2.08. The molecule has 0 spiro atoms. The van der Waals surface area contributed by atoms with E-state index in [1.165, 1.54) is 6.08 Å². The van der Waals surface area contributed by atoms with Crippen molar-refractivity contribution >= 4 is 23.3 Å². The van der Waals surface area contributed by atoms with Crippen LogP contribution in [0.1, 0.15) is 18.9 Å². The van der Waals surface area contributed by atoms with E-state index in [2.05, 4.69) is 29.2 Å². The van der Waals surface area contributed by atoms with E-state index in [1.807, 2.05) is 12.1 Å². The first kappa shape index (κ1) is 16.5. The summed E-state index contributed by atoms with van der Waals surface area (Å²) in [6, 6.07) is 8.90. The summed E-state index contributed by atoms with van der Waals surface area (Å²) in [6.07, 6.45) is 4.08. The maximum atomic E-state index is 12.1. The van der Waals surface area contributed by atoms with Crippen LogP contribution in [0.25, 0.3) is 0 Å². The lowest BCUT2D eigenvalue weighted by molar-refractivity contribution is -0.115. The monoisotopic (exact) mass is 312 g/mol. The fourth-order valence-corrected chi connectivity index (χ4v) is 2.10. The van der Waals surface area contributed by atoms with E-state index < -0.39 is 0 Å². The molecule has 0 radical (unpaired) electrons. The first-order chi connectivity index (χ1) is 11.1. The van der Waals surface area contributed by atoms with Crippen molar-refractivity contribution in [2.75, 3.05) is 10.6 Å². The Balaban J connectivity index is 1.93. The van der Waals surface area contributed by atoms with Gasteiger partial charge in [0.15, 0.2) is 0 Å². The van der Waals surface area contributed by atoms with Crippen molar-refractivity contribution in [1.29, 1.82) is 0 Å². The summed E-state index contributed by atoms with van der Waals surface area (Å²) < 4.78 is 1.77. The minimum Gasteiger partial charge on any atom is -0.323 e. The maximum Gasteiger partial charge on any atom is 0.247 e. The number of nitrogens with zero attached hydrogens (tertiary/aromatic N) is 2. The third-order valence-corrected chi connectivity index (χ3v) is 3.19. The molecule has 2 amide bonds. The summed E-state index contributed by atoms with van der Waals surface area (Å²) in [5.74, 6) is 0.331. The zero-order valence-corrected chi connectivity index (χ0v) is 13.1. The van der Waals surface area contributed by atoms with Crippen molar-refractivity contribution in [3.05, 3.63) is 54.7 Å². The Morgan fingerprint density at radius 2 is 1.96 bits per heavy atom. The highest BCUT2D eigenvalue weighted by atomic mass is 16.2. The third kappa shape index (κ3) is 4.81. The Kier molecular flexibility index (Phi) is 5.68. The molecule has 0 atom stereocenters. The average molecular weight is 312 g/mol. The molecular formula is C17H20N4O2. The second-order valence-corrected chi connectivity index (χ2v) is 5.05. The Morgan fingerprint density at radius 3 is 2.61 bits per heavy atom. The molecule has 1 aromatic carbocycles. The SMILES string of the molecule is C=CC(=O)Nc1ccc(CC(=O)Nc2ccnn2CCC)cc1. The zero-order valence-electron chi connectivity index (χ0n) is 13.1. The number of benzene rings is 1. The van der Waals surface area contributed by atoms with Gasteiger partial charge in [-0.25, -0.2) is 4.68 Å². The largest absolute Gasteiger partial charge is 0.323 e. The van der Waals surface area contributed by atoms with Gasteiger partial charge in [-0.05, 0) is 30.2 Å². The lowest BCUT2D eigenvalue weighted by Crippen LogP contribution is -2.17. The number of hydrogen-bond donors (Lipinski definition) is 2. The first-order valence-corrected chi connectivity index (χ1v) is 7.46. The van der Waals surface area contributed by atoms with Gasteiger partial charge in [0.1, 0.15) is 5.82 Å². The molecule has 120 valence electrons. The van der Waals surface area contributed by atoms with Gasteiger partial charge in [-0.2, -0.15) is 5.10 Å². The second kappa shape index (κ2) is 7.93. The van der Waals surface area contributed by atoms with Crippen LogP contribution in [0.15, 0.2) is 49.2 Å². The van der Waals surface area contributed by atoms with Crippen LogP contribution in [-0.4, -0.2) is 21.6 Å². The first-order valence-electron chi connectivity index (χ1n) is 7.46. The number of nitrogens with one attached hydrogen (secondary N) is 2. The summed E-state index contributed by atoms with van der Waals surface area (Å²) in [6.45, 7) is 6.22. The molecule has 0 unspecified atom stereocenters. The van der Waals surface area contributed by atoms with Gasteiger partial charge in [-0.3, -0.25) is 9.59 Å². The van der Waals surface area contributed by atoms with Gasteiger partial charge in [-0.1, -0.05) is 25.6 Å². The fourth-order valence-electron chi connectivity index (χ4n) is 2.10. The van der Waals surface area contributed by atoms with Crippen LogP contribution >= 0.6 is 0 Å². The number of aromatic nitrogens is 2. The quantitative estimate of drug-likeness (QED) is 0.772. The van der Waals surface area contributed by atoms with E-state index in [9.17, 15) is 9.59 Å². The molecule has 2 rings (SSSR count). The molecule has 6 heteroatoms. The second-order valence-electron chi connectivity index (χ2n) is 5.05. The summed E-state index contributed by atoms with van der Waals surface area (Å²) in [7, 11) is 0. The Hall–Kier alpha value is -2.89. The van der Waals surface area contributed by atoms with Crippen molar-refractivity contribution in [1.82, 2.24) is 9.78 Å². The van der Waals surface area contributed by atoms with E-state index >= 15 is 0 Å². The van der Waals surface area contributed by atoms with Gasteiger partial charge in [0.25, 0.3) is 0 Å². The summed E-state index contributed by atoms with van der Waals surface area (Å²) in [5, 5.41) is 9.69. The van der Waals surface area contributed by atoms with Crippen molar-refractivity contribution in [3.8, 4) is 0 Å². The topological polar surface area (TPSA) is 76.0 Å². The summed E-state index contributed by atoms with van der Waals surface area (Å²) in [5.41, 5.74) is 1.53. The lowest BCUT2D eigenvalue weighted by atomic mass is 10.1. The van der Waals surface area contributed by atoms with E-state index in [0.717, 1.165) is 18.5 Å². The van der Waals surface area contributed by atoms with Crippen molar-refractivity contribution in [2.24, 2.45) is 0 Å². The van der Waals surface area contributed by atoms with Crippen LogP contribution in [-0.2, 0) is 22.6 Å². The van der Waals surface area contributed by atoms with E-state index in [-0.39, 0.29) is 18.2 Å². The van der Waals surface area contributed by atoms with Crippen molar-refractivity contribution < 1.29 is 9.59 Å². The molecule has 2 aromatic rings. The van der Waals surface area contributed by atoms with Gasteiger partial charge in [0.05, 0.1) is 12.6 Å². The van der Waals surface area contributed by atoms with Gasteiger partial charge in [0.2, 0.25) is 11.8 Å². The minimum atomic E-state index is -0.264. The number of carbonyl (C=O) groups is 2. The molecule has 0 bridgehead atoms. The van der Waals surface area contributed by atoms with Gasteiger partial charge in [-0.15, -0.1) is 0 Å². The Morgan fingerprint density at radius 1 is 1.22 bits per heavy atom. The smallest absolute Gasteiger partial charge is 0.247 e. The molecule has 0 saturated carbocycles. The molecule has 0 fully saturated rings. The van der Waals surface area contributed by atoms with Crippen LogP contribution in [0.3, 0.4) is 0 Å². The average Bonchev–Trinajstić information content (AvgIpc) is 2.96. The zero-order chi connectivity index (χ0) is 16.7. The normalized spacial score (nSPS) is 10.1. The molecule has 0 aliphatic rings. The Bertz CT molecular complexity index is 689. The number of carbonyl (C=O) groups excluding carboxylic acids is 2. The highest BCUT2D eigenvalue weighted by Gasteiger charge is 2.08. The molecule has 1 heterocycles. The van der Waals surface area contributed by atoms with E-state index in [1.54, 1.807) is 29.1 Å². The number of aryl methyl sites for hydroxylation is 1.